The Kier molecular flexibility index (Phi) is 2.54. The quantitative estimate of drug-likeness (QED) is 0.654. The number of likely N-dealkylation sites (tertiary alicyclic amines) is 1. The molecule has 0 radical (unpaired) electrons. The topological polar surface area (TPSA) is 46.3 Å². The van der Waals surface area contributed by atoms with Gasteiger partial charge in [-0.2, -0.15) is 0 Å². The van der Waals surface area contributed by atoms with Crippen LogP contribution in [0.4, 0.5) is 0 Å². The van der Waals surface area contributed by atoms with Crippen LogP contribution in [-0.4, -0.2) is 29.4 Å². The second-order valence-electron chi connectivity index (χ2n) is 4.22. The Morgan fingerprint density at radius 1 is 1.15 bits per heavy atom. The van der Waals surface area contributed by atoms with Crippen LogP contribution in [0, 0.1) is 0 Å². The number of nitrogens with two attached hydrogens (primary N) is 1. The molecule has 3 heteroatoms. The van der Waals surface area contributed by atoms with Gasteiger partial charge in [0.2, 0.25) is 5.91 Å². The SMILES string of the molecule is NC1CCCN(C2CCCC2)C1=O. The van der Waals surface area contributed by atoms with E-state index < -0.39 is 0 Å². The van der Waals surface area contributed by atoms with Crippen LogP contribution in [0.25, 0.3) is 0 Å². The largest absolute Gasteiger partial charge is 0.338 e. The number of rotatable bonds is 1. The maximum absolute atomic E-state index is 11.7. The first-order valence-corrected chi connectivity index (χ1v) is 5.35. The Bertz CT molecular complexity index is 199. The molecule has 1 unspecified atom stereocenters. The van der Waals surface area contributed by atoms with Crippen molar-refractivity contribution in [1.29, 1.82) is 0 Å². The van der Waals surface area contributed by atoms with Gasteiger partial charge in [-0.05, 0) is 25.7 Å². The summed E-state index contributed by atoms with van der Waals surface area (Å²) in [5, 5.41) is 0. The monoisotopic (exact) mass is 182 g/mol. The van der Waals surface area contributed by atoms with Crippen LogP contribution in [0.1, 0.15) is 38.5 Å². The van der Waals surface area contributed by atoms with E-state index in [1.807, 2.05) is 4.90 Å². The molecule has 2 fully saturated rings. The molecular formula is C10H18N2O. The van der Waals surface area contributed by atoms with Gasteiger partial charge >= 0.3 is 0 Å². The molecule has 1 saturated carbocycles. The van der Waals surface area contributed by atoms with Gasteiger partial charge in [0.05, 0.1) is 6.04 Å². The summed E-state index contributed by atoms with van der Waals surface area (Å²) in [6, 6.07) is 0.299. The maximum Gasteiger partial charge on any atom is 0.239 e. The van der Waals surface area contributed by atoms with Crippen LogP contribution in [0.2, 0.25) is 0 Å². The first kappa shape index (κ1) is 9.00. The normalized spacial score (nSPS) is 31.3. The van der Waals surface area contributed by atoms with Gasteiger partial charge in [0.1, 0.15) is 0 Å². The van der Waals surface area contributed by atoms with Gasteiger partial charge in [-0.15, -0.1) is 0 Å². The molecule has 0 aromatic rings. The summed E-state index contributed by atoms with van der Waals surface area (Å²) in [5.41, 5.74) is 5.75. The number of piperidine rings is 1. The van der Waals surface area contributed by atoms with E-state index in [1.54, 1.807) is 0 Å². The van der Waals surface area contributed by atoms with E-state index in [9.17, 15) is 4.79 Å². The molecule has 1 atom stereocenters. The van der Waals surface area contributed by atoms with E-state index in [1.165, 1.54) is 25.7 Å². The summed E-state index contributed by atoms with van der Waals surface area (Å²) in [5.74, 6) is 0.193. The molecule has 74 valence electrons. The second kappa shape index (κ2) is 3.66. The Morgan fingerprint density at radius 2 is 1.85 bits per heavy atom. The lowest BCUT2D eigenvalue weighted by Gasteiger charge is -2.35. The number of amides is 1. The van der Waals surface area contributed by atoms with Gasteiger partial charge in [-0.1, -0.05) is 12.8 Å². The molecule has 0 aromatic carbocycles. The van der Waals surface area contributed by atoms with Crippen LogP contribution in [0.15, 0.2) is 0 Å². The minimum absolute atomic E-state index is 0.193. The number of carbonyl (C=O) groups is 1. The van der Waals surface area contributed by atoms with E-state index >= 15 is 0 Å². The number of hydrogen-bond donors (Lipinski definition) is 1. The molecule has 1 aliphatic heterocycles. The molecule has 1 amide bonds. The number of hydrogen-bond acceptors (Lipinski definition) is 2. The van der Waals surface area contributed by atoms with E-state index in [4.69, 9.17) is 5.73 Å². The van der Waals surface area contributed by atoms with Crippen molar-refractivity contribution in [3.63, 3.8) is 0 Å². The highest BCUT2D eigenvalue weighted by atomic mass is 16.2. The summed E-state index contributed by atoms with van der Waals surface area (Å²) in [6.45, 7) is 0.942. The van der Waals surface area contributed by atoms with Crippen LogP contribution in [-0.2, 0) is 4.79 Å². The molecule has 2 N–H and O–H groups in total. The van der Waals surface area contributed by atoms with E-state index in [0.717, 1.165) is 19.4 Å². The van der Waals surface area contributed by atoms with Gasteiger partial charge in [0.25, 0.3) is 0 Å². The Balaban J connectivity index is 2.00. The first-order chi connectivity index (χ1) is 6.29. The Labute approximate surface area is 79.3 Å². The smallest absolute Gasteiger partial charge is 0.239 e. The molecule has 1 heterocycles. The van der Waals surface area contributed by atoms with Crippen molar-refractivity contribution >= 4 is 5.91 Å². The van der Waals surface area contributed by atoms with Crippen LogP contribution in [0.3, 0.4) is 0 Å². The van der Waals surface area contributed by atoms with Gasteiger partial charge in [0.15, 0.2) is 0 Å². The molecule has 1 aliphatic carbocycles. The van der Waals surface area contributed by atoms with Crippen molar-refractivity contribution < 1.29 is 4.79 Å². The summed E-state index contributed by atoms with van der Waals surface area (Å²) >= 11 is 0. The van der Waals surface area contributed by atoms with Gasteiger partial charge in [-0.25, -0.2) is 0 Å². The lowest BCUT2D eigenvalue weighted by molar-refractivity contribution is -0.137. The zero-order chi connectivity index (χ0) is 9.26. The summed E-state index contributed by atoms with van der Waals surface area (Å²) in [4.78, 5) is 13.7. The second-order valence-corrected chi connectivity index (χ2v) is 4.22. The van der Waals surface area contributed by atoms with Gasteiger partial charge in [-0.3, -0.25) is 4.79 Å². The fourth-order valence-corrected chi connectivity index (χ4v) is 2.51. The van der Waals surface area contributed by atoms with Crippen molar-refractivity contribution in [1.82, 2.24) is 4.90 Å². The van der Waals surface area contributed by atoms with E-state index in [2.05, 4.69) is 0 Å². The minimum atomic E-state index is -0.214. The van der Waals surface area contributed by atoms with Crippen molar-refractivity contribution in [2.75, 3.05) is 6.54 Å². The lowest BCUT2D eigenvalue weighted by Crippen LogP contribution is -2.51. The minimum Gasteiger partial charge on any atom is -0.338 e. The molecule has 1 saturated heterocycles. The number of carbonyl (C=O) groups excluding carboxylic acids is 1. The third kappa shape index (κ3) is 1.70. The predicted molar refractivity (Wildman–Crippen MR) is 51.2 cm³/mol. The third-order valence-corrected chi connectivity index (χ3v) is 3.28. The molecule has 0 aromatic heterocycles. The van der Waals surface area contributed by atoms with Crippen LogP contribution in [0.5, 0.6) is 0 Å². The fourth-order valence-electron chi connectivity index (χ4n) is 2.51. The summed E-state index contributed by atoms with van der Waals surface area (Å²) in [6.07, 6.45) is 6.91. The third-order valence-electron chi connectivity index (χ3n) is 3.28. The maximum atomic E-state index is 11.7. The Hall–Kier alpha value is -0.570. The van der Waals surface area contributed by atoms with Gasteiger partial charge in [0, 0.05) is 12.6 Å². The number of nitrogens with zero attached hydrogens (tertiary/aromatic N) is 1. The summed E-state index contributed by atoms with van der Waals surface area (Å²) < 4.78 is 0. The predicted octanol–water partition coefficient (Wildman–Crippen LogP) is 0.879. The molecule has 2 aliphatic rings. The zero-order valence-electron chi connectivity index (χ0n) is 8.04. The van der Waals surface area contributed by atoms with E-state index in [0.29, 0.717) is 6.04 Å². The standard InChI is InChI=1S/C10H18N2O/c11-9-6-3-7-12(10(9)13)8-4-1-2-5-8/h8-9H,1-7,11H2. The zero-order valence-corrected chi connectivity index (χ0v) is 8.04. The molecule has 2 rings (SSSR count). The highest BCUT2D eigenvalue weighted by molar-refractivity contribution is 5.82. The fraction of sp³-hybridized carbons (Fsp3) is 0.900. The van der Waals surface area contributed by atoms with Crippen molar-refractivity contribution in [3.8, 4) is 0 Å². The van der Waals surface area contributed by atoms with Crippen molar-refractivity contribution in [2.45, 2.75) is 50.6 Å². The Morgan fingerprint density at radius 3 is 2.54 bits per heavy atom. The highest BCUT2D eigenvalue weighted by Gasteiger charge is 2.32. The molecule has 3 nitrogen and oxygen atoms in total. The van der Waals surface area contributed by atoms with Crippen molar-refractivity contribution in [2.24, 2.45) is 5.73 Å². The average Bonchev–Trinajstić information content (AvgIpc) is 2.62. The summed E-state index contributed by atoms with van der Waals surface area (Å²) in [7, 11) is 0. The molecule has 0 bridgehead atoms. The molecule has 0 spiro atoms. The average molecular weight is 182 g/mol. The van der Waals surface area contributed by atoms with Gasteiger partial charge < -0.3 is 10.6 Å². The molecule has 13 heavy (non-hydrogen) atoms. The van der Waals surface area contributed by atoms with Crippen molar-refractivity contribution in [3.05, 3.63) is 0 Å². The van der Waals surface area contributed by atoms with E-state index in [-0.39, 0.29) is 11.9 Å². The first-order valence-electron chi connectivity index (χ1n) is 5.35. The molecular weight excluding hydrogens is 164 g/mol. The van der Waals surface area contributed by atoms with Crippen LogP contribution < -0.4 is 5.73 Å². The highest BCUT2D eigenvalue weighted by Crippen LogP contribution is 2.26. The lowest BCUT2D eigenvalue weighted by atomic mass is 10.0. The van der Waals surface area contributed by atoms with Crippen LogP contribution >= 0.6 is 0 Å².